The van der Waals surface area contributed by atoms with Gasteiger partial charge in [0.25, 0.3) is 5.78 Å². The molecule has 1 saturated heterocycles. The second-order valence-electron chi connectivity index (χ2n) is 9.11. The molecule has 202 valence electrons. The van der Waals surface area contributed by atoms with Crippen molar-refractivity contribution < 1.29 is 29.0 Å². The van der Waals surface area contributed by atoms with E-state index in [1.165, 1.54) is 11.0 Å². The Morgan fingerprint density at radius 1 is 1.18 bits per heavy atom. The summed E-state index contributed by atoms with van der Waals surface area (Å²) in [6, 6.07) is 13.1. The molecule has 1 unspecified atom stereocenters. The molecule has 0 aliphatic carbocycles. The second-order valence-corrected chi connectivity index (χ2v) is 10.1. The zero-order valence-corrected chi connectivity index (χ0v) is 22.9. The van der Waals surface area contributed by atoms with Crippen molar-refractivity contribution in [3.63, 3.8) is 0 Å². The number of anilines is 1. The van der Waals surface area contributed by atoms with Crippen molar-refractivity contribution in [3.8, 4) is 5.75 Å². The highest BCUT2D eigenvalue weighted by Gasteiger charge is 2.48. The number of unbranched alkanes of at least 4 members (excludes halogenated alkanes) is 1. The fourth-order valence-electron chi connectivity index (χ4n) is 4.20. The van der Waals surface area contributed by atoms with Crippen molar-refractivity contribution >= 4 is 39.9 Å². The number of aryl methyl sites for hydroxylation is 2. The number of ketones is 1. The maximum absolute atomic E-state index is 13.5. The van der Waals surface area contributed by atoms with Gasteiger partial charge in [-0.15, -0.1) is 0 Å². The van der Waals surface area contributed by atoms with Crippen LogP contribution < -0.4 is 9.64 Å². The van der Waals surface area contributed by atoms with Crippen LogP contribution in [0.25, 0.3) is 5.76 Å². The lowest BCUT2D eigenvalue weighted by Gasteiger charge is -2.23. The molecule has 1 aliphatic rings. The van der Waals surface area contributed by atoms with Crippen LogP contribution in [0.5, 0.6) is 5.75 Å². The number of hydrogen-bond donors (Lipinski definition) is 1. The summed E-state index contributed by atoms with van der Waals surface area (Å²) in [6.07, 6.45) is 3.30. The van der Waals surface area contributed by atoms with Gasteiger partial charge in [0.15, 0.2) is 5.13 Å². The highest BCUT2D eigenvalue weighted by Crippen LogP contribution is 2.44. The van der Waals surface area contributed by atoms with Gasteiger partial charge in [0, 0.05) is 5.56 Å². The van der Waals surface area contributed by atoms with Gasteiger partial charge in [0.05, 0.1) is 23.9 Å². The predicted octanol–water partition coefficient (Wildman–Crippen LogP) is 5.91. The lowest BCUT2D eigenvalue weighted by molar-refractivity contribution is -0.132. The molecule has 1 atom stereocenters. The number of amides is 1. The van der Waals surface area contributed by atoms with E-state index in [4.69, 9.17) is 9.47 Å². The van der Waals surface area contributed by atoms with E-state index in [0.717, 1.165) is 29.7 Å². The van der Waals surface area contributed by atoms with Crippen molar-refractivity contribution in [2.75, 3.05) is 18.1 Å². The van der Waals surface area contributed by atoms with Crippen molar-refractivity contribution in [2.45, 2.75) is 39.7 Å². The van der Waals surface area contributed by atoms with Crippen molar-refractivity contribution in [3.05, 3.63) is 94.0 Å². The number of ether oxygens (including phenoxy) is 2. The molecule has 8 nitrogen and oxygen atoms in total. The first-order valence-electron chi connectivity index (χ1n) is 12.6. The first kappa shape index (κ1) is 27.8. The fraction of sp³-hybridized carbons (Fsp3) is 0.267. The number of hydrogen-bond acceptors (Lipinski definition) is 8. The lowest BCUT2D eigenvalue weighted by atomic mass is 9.95. The maximum atomic E-state index is 13.5. The van der Waals surface area contributed by atoms with Gasteiger partial charge in [0.1, 0.15) is 23.0 Å². The van der Waals surface area contributed by atoms with Crippen LogP contribution in [0.1, 0.15) is 57.9 Å². The second kappa shape index (κ2) is 12.1. The Hall–Kier alpha value is -4.24. The first-order chi connectivity index (χ1) is 18.8. The SMILES string of the molecule is C=CCOC(=O)c1sc(N2C(=O)C(=O)/C(=C(/O)c3ccc(C)cc3)C2c2cccc(OCCCC)c2)nc1C. The lowest BCUT2D eigenvalue weighted by Crippen LogP contribution is -2.29. The number of esters is 1. The summed E-state index contributed by atoms with van der Waals surface area (Å²) >= 11 is 0.950. The summed E-state index contributed by atoms with van der Waals surface area (Å²) in [5.74, 6) is -2.03. The van der Waals surface area contributed by atoms with Gasteiger partial charge in [0.2, 0.25) is 0 Å². The molecule has 2 aromatic carbocycles. The minimum Gasteiger partial charge on any atom is -0.507 e. The number of thiazole rings is 1. The number of rotatable bonds is 10. The molecule has 9 heteroatoms. The number of nitrogens with zero attached hydrogens (tertiary/aromatic N) is 2. The van der Waals surface area contributed by atoms with Crippen molar-refractivity contribution in [2.24, 2.45) is 0 Å². The number of carbonyl (C=O) groups excluding carboxylic acids is 3. The van der Waals surface area contributed by atoms with Crippen LogP contribution in [0.4, 0.5) is 5.13 Å². The molecule has 1 aromatic heterocycles. The Kier molecular flexibility index (Phi) is 8.61. The number of aromatic nitrogens is 1. The molecule has 0 radical (unpaired) electrons. The smallest absolute Gasteiger partial charge is 0.350 e. The summed E-state index contributed by atoms with van der Waals surface area (Å²) in [4.78, 5) is 45.4. The van der Waals surface area contributed by atoms with E-state index in [-0.39, 0.29) is 27.9 Å². The number of carbonyl (C=O) groups is 3. The number of aliphatic hydroxyl groups excluding tert-OH is 1. The molecule has 1 aliphatic heterocycles. The fourth-order valence-corrected chi connectivity index (χ4v) is 5.18. The summed E-state index contributed by atoms with van der Waals surface area (Å²) in [5.41, 5.74) is 2.23. The van der Waals surface area contributed by atoms with E-state index in [0.29, 0.717) is 29.2 Å². The minimum absolute atomic E-state index is 0.0252. The third-order valence-electron chi connectivity index (χ3n) is 6.22. The molecule has 0 saturated carbocycles. The van der Waals surface area contributed by atoms with Crippen LogP contribution >= 0.6 is 11.3 Å². The Bertz CT molecular complexity index is 1440. The van der Waals surface area contributed by atoms with Gasteiger partial charge in [-0.3, -0.25) is 14.5 Å². The van der Waals surface area contributed by atoms with E-state index < -0.39 is 23.7 Å². The van der Waals surface area contributed by atoms with Crippen molar-refractivity contribution in [1.29, 1.82) is 0 Å². The van der Waals surface area contributed by atoms with Gasteiger partial charge in [-0.2, -0.15) is 0 Å². The Morgan fingerprint density at radius 3 is 2.62 bits per heavy atom. The Balaban J connectivity index is 1.86. The Morgan fingerprint density at radius 2 is 1.92 bits per heavy atom. The summed E-state index contributed by atoms with van der Waals surface area (Å²) in [7, 11) is 0. The topological polar surface area (TPSA) is 106 Å². The highest BCUT2D eigenvalue weighted by atomic mass is 32.1. The summed E-state index contributed by atoms with van der Waals surface area (Å²) in [6.45, 7) is 9.70. The van der Waals surface area contributed by atoms with Gasteiger partial charge >= 0.3 is 11.9 Å². The molecule has 1 fully saturated rings. The van der Waals surface area contributed by atoms with Crippen molar-refractivity contribution in [1.82, 2.24) is 4.98 Å². The summed E-state index contributed by atoms with van der Waals surface area (Å²) in [5, 5.41) is 11.5. The molecule has 39 heavy (non-hydrogen) atoms. The minimum atomic E-state index is -0.997. The van der Waals surface area contributed by atoms with E-state index >= 15 is 0 Å². The Labute approximate surface area is 231 Å². The molecular weight excluding hydrogens is 516 g/mol. The van der Waals surface area contributed by atoms with E-state index in [9.17, 15) is 19.5 Å². The molecule has 2 heterocycles. The number of benzene rings is 2. The van der Waals surface area contributed by atoms with Crippen LogP contribution in [0.15, 0.2) is 66.8 Å². The third-order valence-corrected chi connectivity index (χ3v) is 7.36. The molecule has 0 spiro atoms. The summed E-state index contributed by atoms with van der Waals surface area (Å²) < 4.78 is 11.0. The predicted molar refractivity (Wildman–Crippen MR) is 150 cm³/mol. The van der Waals surface area contributed by atoms with Crippen LogP contribution in [0.2, 0.25) is 0 Å². The molecule has 1 amide bonds. The van der Waals surface area contributed by atoms with Gasteiger partial charge < -0.3 is 14.6 Å². The van der Waals surface area contributed by atoms with E-state index in [1.54, 1.807) is 43.3 Å². The zero-order valence-electron chi connectivity index (χ0n) is 22.1. The molecular formula is C30H30N2O6S. The van der Waals surface area contributed by atoms with Crippen LogP contribution in [0, 0.1) is 13.8 Å². The van der Waals surface area contributed by atoms with E-state index in [2.05, 4.69) is 18.5 Å². The molecule has 1 N–H and O–H groups in total. The quantitative estimate of drug-likeness (QED) is 0.0842. The highest BCUT2D eigenvalue weighted by molar-refractivity contribution is 7.17. The molecule has 3 aromatic rings. The molecule has 0 bridgehead atoms. The van der Waals surface area contributed by atoms with Crippen LogP contribution in [-0.2, 0) is 14.3 Å². The van der Waals surface area contributed by atoms with Gasteiger partial charge in [-0.25, -0.2) is 9.78 Å². The first-order valence-corrected chi connectivity index (χ1v) is 13.4. The largest absolute Gasteiger partial charge is 0.507 e. The van der Waals surface area contributed by atoms with Crippen LogP contribution in [-0.4, -0.2) is 41.0 Å². The van der Waals surface area contributed by atoms with E-state index in [1.807, 2.05) is 19.1 Å². The van der Waals surface area contributed by atoms with Gasteiger partial charge in [-0.05, 0) is 38.0 Å². The monoisotopic (exact) mass is 546 g/mol. The zero-order chi connectivity index (χ0) is 28.1. The standard InChI is InChI=1S/C30H30N2O6S/c1-5-7-16-37-22-10-8-9-21(17-22)24-23(25(33)20-13-11-18(3)12-14-20)26(34)28(35)32(24)30-31-19(4)27(39-30)29(36)38-15-6-2/h6,8-14,17,24,33H,2,5,7,15-16H2,1,3-4H3/b25-23+. The average Bonchev–Trinajstić information content (AvgIpc) is 3.44. The number of aliphatic hydroxyl groups is 1. The van der Waals surface area contributed by atoms with Crippen LogP contribution in [0.3, 0.4) is 0 Å². The maximum Gasteiger partial charge on any atom is 0.350 e. The number of Topliss-reactive ketones (excluding diaryl/α,β-unsaturated/α-hetero) is 1. The normalized spacial score (nSPS) is 16.4. The third kappa shape index (κ3) is 5.78. The molecule has 4 rings (SSSR count). The van der Waals surface area contributed by atoms with Gasteiger partial charge in [-0.1, -0.05) is 79.3 Å². The average molecular weight is 547 g/mol.